The van der Waals surface area contributed by atoms with Gasteiger partial charge in [0, 0.05) is 12.3 Å². The maximum Gasteiger partial charge on any atom is 0.332 e. The van der Waals surface area contributed by atoms with Crippen molar-refractivity contribution in [3.05, 3.63) is 53.9 Å². The highest BCUT2D eigenvalue weighted by Gasteiger charge is 2.42. The number of esters is 4. The van der Waals surface area contributed by atoms with E-state index in [4.69, 9.17) is 28.4 Å². The summed E-state index contributed by atoms with van der Waals surface area (Å²) in [6.07, 6.45) is -0.784. The van der Waals surface area contributed by atoms with E-state index in [0.717, 1.165) is 5.56 Å². The van der Waals surface area contributed by atoms with Crippen molar-refractivity contribution in [3.63, 3.8) is 0 Å². The second-order valence-corrected chi connectivity index (χ2v) is 10.6. The minimum absolute atomic E-state index is 0.0753. The van der Waals surface area contributed by atoms with E-state index in [2.05, 4.69) is 10.3 Å². The van der Waals surface area contributed by atoms with Crippen molar-refractivity contribution in [1.82, 2.24) is 10.3 Å². The van der Waals surface area contributed by atoms with Gasteiger partial charge in [0.05, 0.1) is 26.1 Å². The Kier molecular flexibility index (Phi) is 12.1. The average Bonchev–Trinajstić information content (AvgIpc) is 3.05. The van der Waals surface area contributed by atoms with Gasteiger partial charge in [-0.3, -0.25) is 19.2 Å². The number of cyclic esters (lactones) is 2. The Hall–Kier alpha value is -4.68. The van der Waals surface area contributed by atoms with Crippen molar-refractivity contribution in [3.8, 4) is 11.5 Å². The molecule has 13 heteroatoms. The standard InChI is InChI=1S/C31H38N2O11/c1-17(2)28(35)44-25-19(4)43-31(38)22(16-42-30(37)21(25)14-20-10-8-7-9-11-20)33-27(34)24-26(23(39-5)12-13-32-24)41-15-18(3)29(36)40-6/h7-13,17-19,21-22,25H,14-16H2,1-6H3,(H,33,34)/t18?,19-,21+,22-,25-/m0/s1. The third kappa shape index (κ3) is 8.68. The van der Waals surface area contributed by atoms with E-state index in [-0.39, 0.29) is 30.2 Å². The Morgan fingerprint density at radius 2 is 1.73 bits per heavy atom. The molecule has 44 heavy (non-hydrogen) atoms. The molecule has 0 spiro atoms. The Balaban J connectivity index is 1.87. The quantitative estimate of drug-likeness (QED) is 0.290. The molecule has 1 aromatic carbocycles. The van der Waals surface area contributed by atoms with Crippen molar-refractivity contribution in [2.45, 2.75) is 52.4 Å². The molecule has 5 atom stereocenters. The fraction of sp³-hybridized carbons (Fsp3) is 0.484. The van der Waals surface area contributed by atoms with Gasteiger partial charge in [0.1, 0.15) is 25.2 Å². The van der Waals surface area contributed by atoms with Crippen molar-refractivity contribution in [1.29, 1.82) is 0 Å². The third-order valence-corrected chi connectivity index (χ3v) is 6.85. The molecule has 1 N–H and O–H groups in total. The van der Waals surface area contributed by atoms with Crippen LogP contribution in [-0.4, -0.2) is 80.5 Å². The van der Waals surface area contributed by atoms with Gasteiger partial charge in [0.25, 0.3) is 5.91 Å². The van der Waals surface area contributed by atoms with Crippen LogP contribution in [0.25, 0.3) is 0 Å². The molecule has 13 nitrogen and oxygen atoms in total. The largest absolute Gasteiger partial charge is 0.493 e. The van der Waals surface area contributed by atoms with Crippen LogP contribution in [-0.2, 0) is 44.5 Å². The Morgan fingerprint density at radius 1 is 1.02 bits per heavy atom. The Bertz CT molecular complexity index is 1330. The molecule has 0 bridgehead atoms. The van der Waals surface area contributed by atoms with Crippen molar-refractivity contribution in [2.75, 3.05) is 27.4 Å². The number of carbonyl (C=O) groups is 5. The zero-order valence-corrected chi connectivity index (χ0v) is 25.6. The van der Waals surface area contributed by atoms with Gasteiger partial charge in [0.15, 0.2) is 29.3 Å². The first-order valence-electron chi connectivity index (χ1n) is 14.1. The topological polar surface area (TPSA) is 166 Å². The van der Waals surface area contributed by atoms with Crippen LogP contribution >= 0.6 is 0 Å². The summed E-state index contributed by atoms with van der Waals surface area (Å²) in [5.74, 6) is -5.73. The number of nitrogens with one attached hydrogen (secondary N) is 1. The predicted molar refractivity (Wildman–Crippen MR) is 154 cm³/mol. The van der Waals surface area contributed by atoms with Gasteiger partial charge >= 0.3 is 23.9 Å². The van der Waals surface area contributed by atoms with Crippen molar-refractivity contribution < 1.29 is 52.4 Å². The third-order valence-electron chi connectivity index (χ3n) is 6.85. The second kappa shape index (κ2) is 15.7. The molecule has 0 radical (unpaired) electrons. The lowest BCUT2D eigenvalue weighted by molar-refractivity contribution is -0.176. The number of methoxy groups -OCH3 is 2. The molecule has 1 aliphatic rings. The van der Waals surface area contributed by atoms with Crippen LogP contribution in [0.15, 0.2) is 42.6 Å². The zero-order valence-electron chi connectivity index (χ0n) is 25.6. The highest BCUT2D eigenvalue weighted by Crippen LogP contribution is 2.30. The molecule has 2 heterocycles. The van der Waals surface area contributed by atoms with Gasteiger partial charge in [-0.1, -0.05) is 44.2 Å². The molecule has 2 aromatic rings. The summed E-state index contributed by atoms with van der Waals surface area (Å²) in [4.78, 5) is 68.6. The first kappa shape index (κ1) is 33.8. The number of rotatable bonds is 11. The van der Waals surface area contributed by atoms with Gasteiger partial charge in [-0.2, -0.15) is 0 Å². The number of benzene rings is 1. The summed E-state index contributed by atoms with van der Waals surface area (Å²) < 4.78 is 32.6. The number of aromatic nitrogens is 1. The summed E-state index contributed by atoms with van der Waals surface area (Å²) in [6.45, 7) is 5.65. The monoisotopic (exact) mass is 614 g/mol. The summed E-state index contributed by atoms with van der Waals surface area (Å²) in [7, 11) is 2.60. The first-order valence-corrected chi connectivity index (χ1v) is 14.1. The van der Waals surface area contributed by atoms with Crippen LogP contribution < -0.4 is 14.8 Å². The first-order chi connectivity index (χ1) is 21.0. The summed E-state index contributed by atoms with van der Waals surface area (Å²) in [5.41, 5.74) is 0.528. The van der Waals surface area contributed by atoms with Crippen LogP contribution in [0.4, 0.5) is 0 Å². The number of hydrogen-bond donors (Lipinski definition) is 1. The summed E-state index contributed by atoms with van der Waals surface area (Å²) >= 11 is 0. The highest BCUT2D eigenvalue weighted by atomic mass is 16.6. The lowest BCUT2D eigenvalue weighted by atomic mass is 9.91. The highest BCUT2D eigenvalue weighted by molar-refractivity contribution is 5.98. The molecular weight excluding hydrogens is 576 g/mol. The van der Waals surface area contributed by atoms with E-state index < -0.39 is 72.4 Å². The molecule has 1 aromatic heterocycles. The smallest absolute Gasteiger partial charge is 0.332 e. The maximum absolute atomic E-state index is 13.4. The molecular formula is C31H38N2O11. The maximum atomic E-state index is 13.4. The molecule has 0 saturated carbocycles. The molecule has 1 amide bonds. The van der Waals surface area contributed by atoms with E-state index in [0.29, 0.717) is 0 Å². The van der Waals surface area contributed by atoms with Crippen LogP contribution in [0.5, 0.6) is 11.5 Å². The number of pyridine rings is 1. The minimum Gasteiger partial charge on any atom is -0.493 e. The molecule has 1 unspecified atom stereocenters. The van der Waals surface area contributed by atoms with Gasteiger partial charge in [-0.15, -0.1) is 0 Å². The number of hydrogen-bond acceptors (Lipinski definition) is 12. The molecule has 0 aliphatic carbocycles. The number of nitrogens with zero attached hydrogens (tertiary/aromatic N) is 1. The fourth-order valence-corrected chi connectivity index (χ4v) is 4.35. The summed E-state index contributed by atoms with van der Waals surface area (Å²) in [5, 5.41) is 2.49. The molecule has 1 fully saturated rings. The van der Waals surface area contributed by atoms with Gasteiger partial charge in [0.2, 0.25) is 0 Å². The van der Waals surface area contributed by atoms with E-state index in [1.165, 1.54) is 33.4 Å². The predicted octanol–water partition coefficient (Wildman–Crippen LogP) is 2.29. The summed E-state index contributed by atoms with van der Waals surface area (Å²) in [6, 6.07) is 9.08. The number of carbonyl (C=O) groups excluding carboxylic acids is 5. The molecule has 238 valence electrons. The van der Waals surface area contributed by atoms with Gasteiger partial charge in [-0.05, 0) is 25.8 Å². The number of ether oxygens (including phenoxy) is 6. The van der Waals surface area contributed by atoms with E-state index in [1.54, 1.807) is 32.9 Å². The number of amides is 1. The van der Waals surface area contributed by atoms with Crippen molar-refractivity contribution >= 4 is 29.8 Å². The minimum atomic E-state index is -1.44. The molecule has 1 saturated heterocycles. The van der Waals surface area contributed by atoms with Crippen LogP contribution in [0.1, 0.15) is 43.7 Å². The van der Waals surface area contributed by atoms with Gasteiger partial charge in [-0.25, -0.2) is 9.78 Å². The second-order valence-electron chi connectivity index (χ2n) is 10.6. The Labute approximate surface area is 255 Å². The van der Waals surface area contributed by atoms with Crippen LogP contribution in [0.2, 0.25) is 0 Å². The van der Waals surface area contributed by atoms with Crippen molar-refractivity contribution in [2.24, 2.45) is 17.8 Å². The lowest BCUT2D eigenvalue weighted by Crippen LogP contribution is -2.47. The van der Waals surface area contributed by atoms with Gasteiger partial charge < -0.3 is 33.7 Å². The van der Waals surface area contributed by atoms with E-state index >= 15 is 0 Å². The SMILES string of the molecule is COC(=O)C(C)COc1c(OC)ccnc1C(=O)N[C@H]1COC(=O)[C@H](Cc2ccccc2)[C@@H](OC(=O)C(C)C)[C@H](C)OC1=O. The van der Waals surface area contributed by atoms with E-state index in [9.17, 15) is 24.0 Å². The molecule has 1 aliphatic heterocycles. The Morgan fingerprint density at radius 3 is 2.36 bits per heavy atom. The van der Waals surface area contributed by atoms with Crippen LogP contribution in [0.3, 0.4) is 0 Å². The zero-order chi connectivity index (χ0) is 32.4. The lowest BCUT2D eigenvalue weighted by Gasteiger charge is -2.29. The normalized spacial score (nSPS) is 21.0. The average molecular weight is 615 g/mol. The molecule has 3 rings (SSSR count). The van der Waals surface area contributed by atoms with E-state index in [1.807, 2.05) is 18.2 Å². The van der Waals surface area contributed by atoms with Crippen LogP contribution in [0, 0.1) is 17.8 Å². The fourth-order valence-electron chi connectivity index (χ4n) is 4.35.